The van der Waals surface area contributed by atoms with Crippen molar-refractivity contribution >= 4 is 23.2 Å². The van der Waals surface area contributed by atoms with Crippen molar-refractivity contribution < 1.29 is 13.9 Å². The summed E-state index contributed by atoms with van der Waals surface area (Å²) in [5.74, 6) is -0.959. The van der Waals surface area contributed by atoms with E-state index >= 15 is 0 Å². The first kappa shape index (κ1) is 16.9. The maximum absolute atomic E-state index is 13.3. The molecule has 7 heteroatoms. The highest BCUT2D eigenvalue weighted by molar-refractivity contribution is 6.33. The zero-order chi connectivity index (χ0) is 17.4. The van der Waals surface area contributed by atoms with Crippen molar-refractivity contribution in [2.75, 3.05) is 0 Å². The van der Waals surface area contributed by atoms with Gasteiger partial charge in [-0.1, -0.05) is 29.3 Å². The number of rotatable bonds is 3. The van der Waals surface area contributed by atoms with Crippen LogP contribution in [0.2, 0.25) is 10.0 Å². The van der Waals surface area contributed by atoms with Crippen molar-refractivity contribution in [2.45, 2.75) is 6.10 Å². The van der Waals surface area contributed by atoms with E-state index in [-0.39, 0.29) is 10.0 Å². The molecule has 124 valence electrons. The zero-order valence-electron chi connectivity index (χ0n) is 12.5. The van der Waals surface area contributed by atoms with Crippen LogP contribution in [0.25, 0.3) is 11.1 Å². The molecule has 1 heterocycles. The molecule has 0 saturated heterocycles. The van der Waals surface area contributed by atoms with Crippen LogP contribution in [-0.2, 0) is 7.05 Å². The number of aryl methyl sites for hydroxylation is 1. The summed E-state index contributed by atoms with van der Waals surface area (Å²) in [7, 11) is 1.65. The maximum atomic E-state index is 13.3. The molecule has 3 nitrogen and oxygen atoms in total. The third-order valence-electron chi connectivity index (χ3n) is 3.72. The lowest BCUT2D eigenvalue weighted by Crippen LogP contribution is -2.08. The van der Waals surface area contributed by atoms with E-state index in [1.807, 2.05) is 0 Å². The second-order valence-corrected chi connectivity index (χ2v) is 6.07. The Morgan fingerprint density at radius 1 is 1.00 bits per heavy atom. The van der Waals surface area contributed by atoms with Crippen molar-refractivity contribution in [2.24, 2.45) is 7.05 Å². The standard InChI is InChI=1S/C17H12Cl2F2N2O/c1-23-16(17(24)12-5-3-10(21)7-15(12)19)13(8-22-23)11-4-2-9(20)6-14(11)18/h2-8,17,24H,1H3. The average Bonchev–Trinajstić information content (AvgIpc) is 2.88. The second kappa shape index (κ2) is 6.51. The molecule has 0 radical (unpaired) electrons. The molecule has 24 heavy (non-hydrogen) atoms. The minimum atomic E-state index is -1.15. The van der Waals surface area contributed by atoms with Gasteiger partial charge in [-0.05, 0) is 30.3 Å². The highest BCUT2D eigenvalue weighted by Crippen LogP contribution is 2.37. The Kier molecular flexibility index (Phi) is 4.58. The molecule has 0 fully saturated rings. The Hall–Kier alpha value is -1.95. The first-order chi connectivity index (χ1) is 11.4. The van der Waals surface area contributed by atoms with Gasteiger partial charge < -0.3 is 5.11 Å². The number of hydrogen-bond donors (Lipinski definition) is 1. The smallest absolute Gasteiger partial charge is 0.124 e. The number of benzene rings is 2. The lowest BCUT2D eigenvalue weighted by molar-refractivity contribution is 0.210. The summed E-state index contributed by atoms with van der Waals surface area (Å²) in [6.07, 6.45) is 0.372. The molecule has 1 unspecified atom stereocenters. The number of halogens is 4. The summed E-state index contributed by atoms with van der Waals surface area (Å²) >= 11 is 12.2. The van der Waals surface area contributed by atoms with E-state index in [1.54, 1.807) is 7.05 Å². The van der Waals surface area contributed by atoms with E-state index in [0.29, 0.717) is 22.4 Å². The molecule has 2 aromatic carbocycles. The van der Waals surface area contributed by atoms with Crippen molar-refractivity contribution in [1.82, 2.24) is 9.78 Å². The van der Waals surface area contributed by atoms with E-state index in [4.69, 9.17) is 23.2 Å². The summed E-state index contributed by atoms with van der Waals surface area (Å²) in [4.78, 5) is 0. The summed E-state index contributed by atoms with van der Waals surface area (Å²) in [5.41, 5.74) is 1.81. The Morgan fingerprint density at radius 3 is 2.25 bits per heavy atom. The van der Waals surface area contributed by atoms with E-state index in [2.05, 4.69) is 5.10 Å². The SMILES string of the molecule is Cn1ncc(-c2ccc(F)cc2Cl)c1C(O)c1ccc(F)cc1Cl. The Bertz CT molecular complexity index is 912. The summed E-state index contributed by atoms with van der Waals surface area (Å²) in [5, 5.41) is 15.2. The first-order valence-electron chi connectivity index (χ1n) is 6.99. The average molecular weight is 369 g/mol. The van der Waals surface area contributed by atoms with Crippen LogP contribution in [0.4, 0.5) is 8.78 Å². The van der Waals surface area contributed by atoms with Crippen LogP contribution in [0.1, 0.15) is 17.4 Å². The number of nitrogens with zero attached hydrogens (tertiary/aromatic N) is 2. The number of aliphatic hydroxyl groups is 1. The molecule has 0 aliphatic heterocycles. The normalized spacial score (nSPS) is 12.4. The fourth-order valence-electron chi connectivity index (χ4n) is 2.56. The molecular weight excluding hydrogens is 357 g/mol. The molecule has 0 bridgehead atoms. The number of aliphatic hydroxyl groups excluding tert-OH is 1. The topological polar surface area (TPSA) is 38.0 Å². The molecule has 1 N–H and O–H groups in total. The van der Waals surface area contributed by atoms with Gasteiger partial charge in [0, 0.05) is 28.8 Å². The third kappa shape index (κ3) is 3.02. The largest absolute Gasteiger partial charge is 0.382 e. The van der Waals surface area contributed by atoms with E-state index in [1.165, 1.54) is 41.2 Å². The van der Waals surface area contributed by atoms with E-state index in [0.717, 1.165) is 6.07 Å². The highest BCUT2D eigenvalue weighted by Gasteiger charge is 2.23. The molecular formula is C17H12Cl2F2N2O. The van der Waals surface area contributed by atoms with Crippen LogP contribution in [-0.4, -0.2) is 14.9 Å². The van der Waals surface area contributed by atoms with Crippen molar-refractivity contribution in [3.8, 4) is 11.1 Å². The minimum Gasteiger partial charge on any atom is -0.382 e. The molecule has 0 spiro atoms. The van der Waals surface area contributed by atoms with Gasteiger partial charge in [-0.25, -0.2) is 8.78 Å². The van der Waals surface area contributed by atoms with Gasteiger partial charge in [0.15, 0.2) is 0 Å². The van der Waals surface area contributed by atoms with Crippen LogP contribution in [0.5, 0.6) is 0 Å². The van der Waals surface area contributed by atoms with Gasteiger partial charge in [-0.2, -0.15) is 5.10 Å². The van der Waals surface area contributed by atoms with Crippen LogP contribution in [0, 0.1) is 11.6 Å². The molecule has 3 rings (SSSR count). The Balaban J connectivity index is 2.13. The quantitative estimate of drug-likeness (QED) is 0.723. The minimum absolute atomic E-state index is 0.0971. The van der Waals surface area contributed by atoms with Crippen LogP contribution < -0.4 is 0 Å². The number of aromatic nitrogens is 2. The van der Waals surface area contributed by atoms with E-state index < -0.39 is 17.7 Å². The van der Waals surface area contributed by atoms with Gasteiger partial charge in [-0.3, -0.25) is 4.68 Å². The first-order valence-corrected chi connectivity index (χ1v) is 7.74. The number of hydrogen-bond acceptors (Lipinski definition) is 2. The third-order valence-corrected chi connectivity index (χ3v) is 4.36. The van der Waals surface area contributed by atoms with Gasteiger partial charge in [-0.15, -0.1) is 0 Å². The van der Waals surface area contributed by atoms with Crippen LogP contribution in [0.3, 0.4) is 0 Å². The maximum Gasteiger partial charge on any atom is 0.124 e. The lowest BCUT2D eigenvalue weighted by atomic mass is 9.99. The lowest BCUT2D eigenvalue weighted by Gasteiger charge is -2.16. The predicted octanol–water partition coefficient (Wildman–Crippen LogP) is 4.75. The van der Waals surface area contributed by atoms with E-state index in [9.17, 15) is 13.9 Å². The zero-order valence-corrected chi connectivity index (χ0v) is 14.0. The van der Waals surface area contributed by atoms with Crippen molar-refractivity contribution in [3.63, 3.8) is 0 Å². The second-order valence-electron chi connectivity index (χ2n) is 5.26. The van der Waals surface area contributed by atoms with Crippen LogP contribution >= 0.6 is 23.2 Å². The van der Waals surface area contributed by atoms with Gasteiger partial charge in [0.1, 0.15) is 17.7 Å². The molecule has 1 atom stereocenters. The monoisotopic (exact) mass is 368 g/mol. The van der Waals surface area contributed by atoms with Gasteiger partial charge >= 0.3 is 0 Å². The van der Waals surface area contributed by atoms with Gasteiger partial charge in [0.2, 0.25) is 0 Å². The predicted molar refractivity (Wildman–Crippen MR) is 89.1 cm³/mol. The van der Waals surface area contributed by atoms with Gasteiger partial charge in [0.25, 0.3) is 0 Å². The fourth-order valence-corrected chi connectivity index (χ4v) is 3.10. The highest BCUT2D eigenvalue weighted by atomic mass is 35.5. The molecule has 0 amide bonds. The summed E-state index contributed by atoms with van der Waals surface area (Å²) < 4.78 is 28.0. The molecule has 0 aliphatic rings. The van der Waals surface area contributed by atoms with Gasteiger partial charge in [0.05, 0.1) is 16.9 Å². The molecule has 0 saturated carbocycles. The Morgan fingerprint density at radius 2 is 1.62 bits per heavy atom. The summed E-state index contributed by atoms with van der Waals surface area (Å²) in [6, 6.07) is 7.72. The Labute approximate surface area is 147 Å². The molecule has 1 aromatic heterocycles. The van der Waals surface area contributed by atoms with Crippen molar-refractivity contribution in [3.05, 3.63) is 75.5 Å². The molecule has 0 aliphatic carbocycles. The molecule has 3 aromatic rings. The summed E-state index contributed by atoms with van der Waals surface area (Å²) in [6.45, 7) is 0. The van der Waals surface area contributed by atoms with Crippen molar-refractivity contribution in [1.29, 1.82) is 0 Å². The van der Waals surface area contributed by atoms with Crippen LogP contribution in [0.15, 0.2) is 42.6 Å². The fraction of sp³-hybridized carbons (Fsp3) is 0.118.